The van der Waals surface area contributed by atoms with Crippen LogP contribution in [0, 0.1) is 12.8 Å². The molecule has 1 aliphatic carbocycles. The van der Waals surface area contributed by atoms with Crippen LogP contribution in [0.25, 0.3) is 0 Å². The quantitative estimate of drug-likeness (QED) is 0.682. The van der Waals surface area contributed by atoms with Gasteiger partial charge in [0.1, 0.15) is 0 Å². The van der Waals surface area contributed by atoms with Crippen molar-refractivity contribution < 1.29 is 9.90 Å². The maximum absolute atomic E-state index is 12.8. The van der Waals surface area contributed by atoms with E-state index in [1.165, 1.54) is 32.1 Å². The molecule has 1 saturated heterocycles. The van der Waals surface area contributed by atoms with E-state index in [1.807, 2.05) is 11.8 Å². The molecule has 2 heterocycles. The topological polar surface area (TPSA) is 65.5 Å². The Balaban J connectivity index is 1.42. The van der Waals surface area contributed by atoms with Gasteiger partial charge in [-0.15, -0.1) is 11.3 Å². The van der Waals surface area contributed by atoms with Crippen molar-refractivity contribution >= 4 is 17.2 Å². The van der Waals surface area contributed by atoms with Crippen molar-refractivity contribution in [2.24, 2.45) is 5.92 Å². The number of nitrogens with one attached hydrogen (secondary N) is 1. The van der Waals surface area contributed by atoms with Crippen LogP contribution in [0.2, 0.25) is 0 Å². The third kappa shape index (κ3) is 5.27. The van der Waals surface area contributed by atoms with Gasteiger partial charge in [-0.1, -0.05) is 32.1 Å². The van der Waals surface area contributed by atoms with Gasteiger partial charge in [0, 0.05) is 43.7 Å². The molecular weight excluding hydrogens is 346 g/mol. The van der Waals surface area contributed by atoms with E-state index in [0.29, 0.717) is 13.0 Å². The van der Waals surface area contributed by atoms with Crippen LogP contribution in [0.15, 0.2) is 5.38 Å². The molecule has 0 aromatic carbocycles. The second kappa shape index (κ2) is 9.29. The molecule has 1 aliphatic heterocycles. The third-order valence-corrected chi connectivity index (χ3v) is 6.86. The second-order valence-corrected chi connectivity index (χ2v) is 8.97. The fraction of sp³-hybridized carbons (Fsp3) is 0.800. The summed E-state index contributed by atoms with van der Waals surface area (Å²) in [4.78, 5) is 19.2. The zero-order valence-electron chi connectivity index (χ0n) is 16.0. The van der Waals surface area contributed by atoms with Crippen LogP contribution in [0.5, 0.6) is 0 Å². The zero-order chi connectivity index (χ0) is 18.4. The number of aryl methyl sites for hydroxylation is 1. The van der Waals surface area contributed by atoms with Gasteiger partial charge in [-0.2, -0.15) is 0 Å². The van der Waals surface area contributed by atoms with Gasteiger partial charge in [0.15, 0.2) is 5.60 Å². The van der Waals surface area contributed by atoms with Crippen LogP contribution in [0.3, 0.4) is 0 Å². The number of hydrogen-bond acceptors (Lipinski definition) is 5. The van der Waals surface area contributed by atoms with E-state index in [1.54, 1.807) is 11.3 Å². The zero-order valence-corrected chi connectivity index (χ0v) is 16.8. The number of nitrogens with zero attached hydrogens (tertiary/aromatic N) is 2. The number of hydrogen-bond donors (Lipinski definition) is 2. The first-order chi connectivity index (χ1) is 12.6. The summed E-state index contributed by atoms with van der Waals surface area (Å²) in [7, 11) is 0. The molecular formula is C20H33N3O2S. The van der Waals surface area contributed by atoms with Crippen LogP contribution in [0.4, 0.5) is 0 Å². The molecule has 1 atom stereocenters. The molecule has 146 valence electrons. The maximum atomic E-state index is 12.8. The van der Waals surface area contributed by atoms with Crippen molar-refractivity contribution in [1.29, 1.82) is 0 Å². The summed E-state index contributed by atoms with van der Waals surface area (Å²) in [5.41, 5.74) is -0.177. The van der Waals surface area contributed by atoms with Gasteiger partial charge < -0.3 is 15.3 Å². The van der Waals surface area contributed by atoms with Gasteiger partial charge in [0.25, 0.3) is 5.91 Å². The van der Waals surface area contributed by atoms with E-state index in [9.17, 15) is 9.90 Å². The lowest BCUT2D eigenvalue weighted by Crippen LogP contribution is -2.58. The Morgan fingerprint density at radius 2 is 2.15 bits per heavy atom. The first-order valence-electron chi connectivity index (χ1n) is 10.2. The normalized spacial score (nSPS) is 25.0. The lowest BCUT2D eigenvalue weighted by Gasteiger charge is -2.39. The van der Waals surface area contributed by atoms with E-state index < -0.39 is 5.60 Å². The van der Waals surface area contributed by atoms with Gasteiger partial charge in [-0.25, -0.2) is 4.98 Å². The highest BCUT2D eigenvalue weighted by molar-refractivity contribution is 7.09. The van der Waals surface area contributed by atoms with E-state index in [2.05, 4.69) is 15.7 Å². The van der Waals surface area contributed by atoms with Gasteiger partial charge in [-0.3, -0.25) is 4.79 Å². The molecule has 1 saturated carbocycles. The number of rotatable bonds is 8. The predicted octanol–water partition coefficient (Wildman–Crippen LogP) is 2.91. The largest absolute Gasteiger partial charge is 0.379 e. The number of likely N-dealkylation sites (tertiary alicyclic amines) is 1. The second-order valence-electron chi connectivity index (χ2n) is 8.03. The van der Waals surface area contributed by atoms with E-state index in [-0.39, 0.29) is 5.91 Å². The molecule has 2 aliphatic rings. The van der Waals surface area contributed by atoms with Crippen molar-refractivity contribution in [3.05, 3.63) is 16.1 Å². The Bertz CT molecular complexity index is 585. The minimum absolute atomic E-state index is 0.0721. The first-order valence-corrected chi connectivity index (χ1v) is 11.1. The molecule has 3 rings (SSSR count). The molecule has 2 N–H and O–H groups in total. The van der Waals surface area contributed by atoms with Gasteiger partial charge in [0.05, 0.1) is 5.01 Å². The molecule has 0 bridgehead atoms. The summed E-state index contributed by atoms with van der Waals surface area (Å²) in [6.45, 7) is 4.69. The van der Waals surface area contributed by atoms with Crippen LogP contribution < -0.4 is 5.32 Å². The summed E-state index contributed by atoms with van der Waals surface area (Å²) in [6, 6.07) is 0. The monoisotopic (exact) mass is 379 g/mol. The molecule has 0 radical (unpaired) electrons. The summed E-state index contributed by atoms with van der Waals surface area (Å²) in [5.74, 6) is 0.698. The van der Waals surface area contributed by atoms with Crippen LogP contribution in [-0.4, -0.2) is 52.7 Å². The Kier molecular flexibility index (Phi) is 7.06. The van der Waals surface area contributed by atoms with Crippen molar-refractivity contribution in [1.82, 2.24) is 15.2 Å². The highest BCUT2D eigenvalue weighted by Crippen LogP contribution is 2.28. The van der Waals surface area contributed by atoms with E-state index in [4.69, 9.17) is 0 Å². The number of piperidine rings is 1. The standard InChI is InChI=1S/C20H33N3O2S/c1-16-14-26-18(22-16)8-11-21-15-20(25)10-5-12-23(19(20)24)13-9-17-6-3-2-4-7-17/h14,17,21,25H,2-13,15H2,1H3. The average Bonchev–Trinajstić information content (AvgIpc) is 3.06. The molecule has 26 heavy (non-hydrogen) atoms. The first kappa shape index (κ1) is 19.8. The highest BCUT2D eigenvalue weighted by Gasteiger charge is 2.41. The fourth-order valence-corrected chi connectivity index (χ4v) is 5.04. The fourth-order valence-electron chi connectivity index (χ4n) is 4.26. The summed E-state index contributed by atoms with van der Waals surface area (Å²) < 4.78 is 0. The smallest absolute Gasteiger partial charge is 0.255 e. The summed E-state index contributed by atoms with van der Waals surface area (Å²) in [5, 5.41) is 17.3. The lowest BCUT2D eigenvalue weighted by atomic mass is 9.86. The molecule has 2 fully saturated rings. The van der Waals surface area contributed by atoms with Crippen molar-refractivity contribution in [3.63, 3.8) is 0 Å². The number of aromatic nitrogens is 1. The lowest BCUT2D eigenvalue weighted by molar-refractivity contribution is -0.156. The van der Waals surface area contributed by atoms with Crippen LogP contribution in [0.1, 0.15) is 62.1 Å². The highest BCUT2D eigenvalue weighted by atomic mass is 32.1. The molecule has 6 heteroatoms. The number of aliphatic hydroxyl groups is 1. The average molecular weight is 380 g/mol. The minimum atomic E-state index is -1.23. The number of carbonyl (C=O) groups excluding carboxylic acids is 1. The van der Waals surface area contributed by atoms with Crippen molar-refractivity contribution in [2.45, 2.75) is 70.3 Å². The maximum Gasteiger partial charge on any atom is 0.255 e. The van der Waals surface area contributed by atoms with E-state index >= 15 is 0 Å². The van der Waals surface area contributed by atoms with Crippen molar-refractivity contribution in [3.8, 4) is 0 Å². The SMILES string of the molecule is Cc1csc(CCNCC2(O)CCCN(CCC3CCCCC3)C2=O)n1. The minimum Gasteiger partial charge on any atom is -0.379 e. The Morgan fingerprint density at radius 3 is 2.88 bits per heavy atom. The van der Waals surface area contributed by atoms with Gasteiger partial charge >= 0.3 is 0 Å². The van der Waals surface area contributed by atoms with Gasteiger partial charge in [-0.05, 0) is 32.1 Å². The number of carbonyl (C=O) groups is 1. The Hall–Kier alpha value is -0.980. The van der Waals surface area contributed by atoms with Crippen molar-refractivity contribution in [2.75, 3.05) is 26.2 Å². The summed E-state index contributed by atoms with van der Waals surface area (Å²) >= 11 is 1.67. The molecule has 1 aromatic heterocycles. The molecule has 1 unspecified atom stereocenters. The van der Waals surface area contributed by atoms with Crippen LogP contribution >= 0.6 is 11.3 Å². The third-order valence-electron chi connectivity index (χ3n) is 5.84. The van der Waals surface area contributed by atoms with Gasteiger partial charge in [0.2, 0.25) is 0 Å². The molecule has 1 amide bonds. The Morgan fingerprint density at radius 1 is 1.35 bits per heavy atom. The van der Waals surface area contributed by atoms with Crippen LogP contribution in [-0.2, 0) is 11.2 Å². The Labute approximate surface area is 161 Å². The molecule has 1 aromatic rings. The predicted molar refractivity (Wildman–Crippen MR) is 105 cm³/mol. The molecule has 5 nitrogen and oxygen atoms in total. The number of thiazole rings is 1. The van der Waals surface area contributed by atoms with E-state index in [0.717, 1.165) is 55.5 Å². The number of amides is 1. The summed E-state index contributed by atoms with van der Waals surface area (Å²) in [6.07, 6.45) is 10.1. The molecule has 0 spiro atoms.